The molecule has 0 saturated carbocycles. The maximum Gasteiger partial charge on any atom is 0.238 e. The maximum atomic E-state index is 13.3. The van der Waals surface area contributed by atoms with Gasteiger partial charge in [0.1, 0.15) is 0 Å². The van der Waals surface area contributed by atoms with Crippen LogP contribution in [0.15, 0.2) is 66.7 Å². The van der Waals surface area contributed by atoms with E-state index in [4.69, 9.17) is 0 Å². The Morgan fingerprint density at radius 3 is 2.06 bits per heavy atom. The molecule has 3 aromatic carbocycles. The van der Waals surface area contributed by atoms with Crippen molar-refractivity contribution in [3.05, 3.63) is 89.5 Å². The highest BCUT2D eigenvalue weighted by Crippen LogP contribution is 2.46. The van der Waals surface area contributed by atoms with E-state index < -0.39 is 11.6 Å². The van der Waals surface area contributed by atoms with Crippen molar-refractivity contribution in [2.45, 2.75) is 6.04 Å². The third-order valence-electron chi connectivity index (χ3n) is 6.14. The summed E-state index contributed by atoms with van der Waals surface area (Å²) in [5, 5.41) is 2.65. The smallest absolute Gasteiger partial charge is 0.238 e. The van der Waals surface area contributed by atoms with Crippen LogP contribution in [0.25, 0.3) is 11.1 Å². The molecule has 1 amide bonds. The van der Waals surface area contributed by atoms with Gasteiger partial charge in [-0.25, -0.2) is 8.78 Å². The number of halogens is 2. The van der Waals surface area contributed by atoms with Gasteiger partial charge in [0.15, 0.2) is 11.6 Å². The predicted octanol–water partition coefficient (Wildman–Crippen LogP) is 4.29. The van der Waals surface area contributed by atoms with Crippen molar-refractivity contribution in [1.29, 1.82) is 0 Å². The zero-order chi connectivity index (χ0) is 21.4. The molecule has 1 fully saturated rings. The zero-order valence-electron chi connectivity index (χ0n) is 17.0. The molecule has 4 nitrogen and oxygen atoms in total. The lowest BCUT2D eigenvalue weighted by molar-refractivity contribution is -0.117. The highest BCUT2D eigenvalue weighted by Gasteiger charge is 2.34. The van der Waals surface area contributed by atoms with E-state index in [9.17, 15) is 13.6 Å². The number of carbonyl (C=O) groups excluding carboxylic acids is 1. The summed E-state index contributed by atoms with van der Waals surface area (Å²) in [6.07, 6.45) is 0. The van der Waals surface area contributed by atoms with E-state index in [-0.39, 0.29) is 24.2 Å². The minimum absolute atomic E-state index is 0.226. The molecule has 6 heteroatoms. The van der Waals surface area contributed by atoms with E-state index in [1.807, 2.05) is 0 Å². The molecule has 1 saturated heterocycles. The lowest BCUT2D eigenvalue weighted by atomic mass is 10.0. The maximum absolute atomic E-state index is 13.3. The first-order valence-electron chi connectivity index (χ1n) is 10.5. The first-order chi connectivity index (χ1) is 15.1. The van der Waals surface area contributed by atoms with Crippen LogP contribution in [0.5, 0.6) is 0 Å². The van der Waals surface area contributed by atoms with Gasteiger partial charge in [-0.3, -0.25) is 14.6 Å². The number of anilines is 1. The standard InChI is InChI=1S/C25H23F2N3O/c26-22-10-9-17(15-23(22)27)28-24(31)16-29-11-13-30(14-12-29)25-20-7-3-1-5-18(20)19-6-2-4-8-21(19)25/h1-10,15,25H,11-14,16H2,(H,28,31). The number of amides is 1. The quantitative estimate of drug-likeness (QED) is 0.685. The topological polar surface area (TPSA) is 35.6 Å². The Kier molecular flexibility index (Phi) is 5.26. The number of hydrogen-bond acceptors (Lipinski definition) is 3. The molecule has 158 valence electrons. The largest absolute Gasteiger partial charge is 0.325 e. The van der Waals surface area contributed by atoms with Crippen LogP contribution in [0, 0.1) is 11.6 Å². The molecule has 1 aliphatic heterocycles. The fourth-order valence-corrected chi connectivity index (χ4v) is 4.68. The van der Waals surface area contributed by atoms with Crippen LogP contribution in [0.2, 0.25) is 0 Å². The van der Waals surface area contributed by atoms with Crippen LogP contribution < -0.4 is 5.32 Å². The summed E-state index contributed by atoms with van der Waals surface area (Å²) in [7, 11) is 0. The predicted molar refractivity (Wildman–Crippen MR) is 117 cm³/mol. The summed E-state index contributed by atoms with van der Waals surface area (Å²) in [6.45, 7) is 3.47. The number of benzene rings is 3. The van der Waals surface area contributed by atoms with Gasteiger partial charge in [0.05, 0.1) is 12.6 Å². The van der Waals surface area contributed by atoms with Gasteiger partial charge in [-0.15, -0.1) is 0 Å². The van der Waals surface area contributed by atoms with Crippen LogP contribution in [0.4, 0.5) is 14.5 Å². The third kappa shape index (κ3) is 3.84. The number of hydrogen-bond donors (Lipinski definition) is 1. The van der Waals surface area contributed by atoms with Crippen molar-refractivity contribution in [2.75, 3.05) is 38.0 Å². The average Bonchev–Trinajstić information content (AvgIpc) is 3.11. The molecular formula is C25H23F2N3O. The van der Waals surface area contributed by atoms with Gasteiger partial charge < -0.3 is 5.32 Å². The van der Waals surface area contributed by atoms with E-state index in [1.165, 1.54) is 28.3 Å². The van der Waals surface area contributed by atoms with E-state index >= 15 is 0 Å². The van der Waals surface area contributed by atoms with Crippen molar-refractivity contribution in [1.82, 2.24) is 9.80 Å². The first kappa shape index (κ1) is 19.8. The summed E-state index contributed by atoms with van der Waals surface area (Å²) in [4.78, 5) is 16.9. The Morgan fingerprint density at radius 1 is 0.839 bits per heavy atom. The lowest BCUT2D eigenvalue weighted by Crippen LogP contribution is -2.49. The summed E-state index contributed by atoms with van der Waals surface area (Å²) in [5.41, 5.74) is 5.55. The molecule has 5 rings (SSSR count). The van der Waals surface area contributed by atoms with Gasteiger partial charge in [0.25, 0.3) is 0 Å². The fourth-order valence-electron chi connectivity index (χ4n) is 4.68. The molecule has 1 N–H and O–H groups in total. The number of rotatable bonds is 4. The Balaban J connectivity index is 1.23. The van der Waals surface area contributed by atoms with Gasteiger partial charge in [0.2, 0.25) is 5.91 Å². The SMILES string of the molecule is O=C(CN1CCN(C2c3ccccc3-c3ccccc32)CC1)Nc1ccc(F)c(F)c1. The molecule has 1 aliphatic carbocycles. The van der Waals surface area contributed by atoms with Crippen LogP contribution in [0.3, 0.4) is 0 Å². The van der Waals surface area contributed by atoms with Crippen molar-refractivity contribution in [3.63, 3.8) is 0 Å². The second-order valence-corrected chi connectivity index (χ2v) is 8.07. The Labute approximate surface area is 180 Å². The second-order valence-electron chi connectivity index (χ2n) is 8.07. The molecule has 0 unspecified atom stereocenters. The van der Waals surface area contributed by atoms with Gasteiger partial charge in [-0.2, -0.15) is 0 Å². The summed E-state index contributed by atoms with van der Waals surface area (Å²) in [5.74, 6) is -2.12. The number of nitrogens with one attached hydrogen (secondary N) is 1. The first-order valence-corrected chi connectivity index (χ1v) is 10.5. The van der Waals surface area contributed by atoms with Crippen LogP contribution in [-0.2, 0) is 4.79 Å². The molecule has 0 atom stereocenters. The average molecular weight is 419 g/mol. The van der Waals surface area contributed by atoms with Gasteiger partial charge in [-0.1, -0.05) is 48.5 Å². The minimum atomic E-state index is -0.969. The molecular weight excluding hydrogens is 396 g/mol. The molecule has 3 aromatic rings. The summed E-state index contributed by atoms with van der Waals surface area (Å²) >= 11 is 0. The highest BCUT2D eigenvalue weighted by atomic mass is 19.2. The molecule has 0 aromatic heterocycles. The van der Waals surface area contributed by atoms with Crippen molar-refractivity contribution < 1.29 is 13.6 Å². The van der Waals surface area contributed by atoms with Crippen LogP contribution >= 0.6 is 0 Å². The molecule has 1 heterocycles. The van der Waals surface area contributed by atoms with Crippen molar-refractivity contribution in [3.8, 4) is 11.1 Å². The molecule has 31 heavy (non-hydrogen) atoms. The molecule has 0 radical (unpaired) electrons. The lowest BCUT2D eigenvalue weighted by Gasteiger charge is -2.38. The Bertz CT molecular complexity index is 1080. The summed E-state index contributed by atoms with van der Waals surface area (Å²) in [6, 6.07) is 20.8. The van der Waals surface area contributed by atoms with Crippen LogP contribution in [0.1, 0.15) is 17.2 Å². The van der Waals surface area contributed by atoms with Crippen LogP contribution in [-0.4, -0.2) is 48.4 Å². The van der Waals surface area contributed by atoms with E-state index in [0.717, 1.165) is 38.3 Å². The number of nitrogens with zero attached hydrogens (tertiary/aromatic N) is 2. The third-order valence-corrected chi connectivity index (χ3v) is 6.14. The minimum Gasteiger partial charge on any atom is -0.325 e. The number of piperazine rings is 1. The van der Waals surface area contributed by atoms with E-state index in [1.54, 1.807) is 0 Å². The molecule has 2 aliphatic rings. The van der Waals surface area contributed by atoms with Gasteiger partial charge >= 0.3 is 0 Å². The Morgan fingerprint density at radius 2 is 1.45 bits per heavy atom. The number of fused-ring (bicyclic) bond motifs is 3. The van der Waals surface area contributed by atoms with Gasteiger partial charge in [-0.05, 0) is 34.4 Å². The second kappa shape index (κ2) is 8.21. The van der Waals surface area contributed by atoms with Gasteiger partial charge in [0, 0.05) is 37.9 Å². The number of carbonyl (C=O) groups is 1. The summed E-state index contributed by atoms with van der Waals surface area (Å²) < 4.78 is 26.4. The normalized spacial score (nSPS) is 16.7. The highest BCUT2D eigenvalue weighted by molar-refractivity contribution is 5.92. The van der Waals surface area contributed by atoms with E-state index in [2.05, 4.69) is 63.6 Å². The monoisotopic (exact) mass is 419 g/mol. The Hall–Kier alpha value is -3.09. The van der Waals surface area contributed by atoms with E-state index in [0.29, 0.717) is 0 Å². The van der Waals surface area contributed by atoms with Crippen molar-refractivity contribution in [2.24, 2.45) is 0 Å². The fraction of sp³-hybridized carbons (Fsp3) is 0.240. The molecule has 0 spiro atoms. The molecule has 0 bridgehead atoms. The zero-order valence-corrected chi connectivity index (χ0v) is 17.0. The van der Waals surface area contributed by atoms with Crippen molar-refractivity contribution >= 4 is 11.6 Å².